The van der Waals surface area contributed by atoms with E-state index in [1.54, 1.807) is 0 Å². The van der Waals surface area contributed by atoms with E-state index >= 15 is 0 Å². The molecule has 0 amide bonds. The molecule has 1 atom stereocenters. The molecule has 0 bridgehead atoms. The molecule has 0 aliphatic rings. The predicted octanol–water partition coefficient (Wildman–Crippen LogP) is 2.24. The van der Waals surface area contributed by atoms with Gasteiger partial charge in [0.05, 0.1) is 0 Å². The summed E-state index contributed by atoms with van der Waals surface area (Å²) in [6.45, 7) is 2.66. The summed E-state index contributed by atoms with van der Waals surface area (Å²) in [5, 5.41) is 0. The molecule has 0 radical (unpaired) electrons. The van der Waals surface area contributed by atoms with Crippen LogP contribution in [-0.4, -0.2) is 12.3 Å². The van der Waals surface area contributed by atoms with E-state index in [0.717, 1.165) is 12.0 Å². The first-order chi connectivity index (χ1) is 6.77. The van der Waals surface area contributed by atoms with E-state index in [0.29, 0.717) is 18.9 Å². The first-order valence-electron chi connectivity index (χ1n) is 5.06. The van der Waals surface area contributed by atoms with Gasteiger partial charge >= 0.3 is 0 Å². The fourth-order valence-electron chi connectivity index (χ4n) is 1.40. The van der Waals surface area contributed by atoms with Crippen LogP contribution in [-0.2, 0) is 0 Å². The van der Waals surface area contributed by atoms with Crippen molar-refractivity contribution >= 4 is 5.78 Å². The molecule has 0 aromatic heterocycles. The Labute approximate surface area is 85.1 Å². The van der Waals surface area contributed by atoms with E-state index in [4.69, 9.17) is 5.73 Å². The maximum atomic E-state index is 11.7. The van der Waals surface area contributed by atoms with Crippen LogP contribution in [0.25, 0.3) is 0 Å². The summed E-state index contributed by atoms with van der Waals surface area (Å²) in [6, 6.07) is 9.39. The second kappa shape index (κ2) is 5.55. The van der Waals surface area contributed by atoms with E-state index in [1.807, 2.05) is 30.3 Å². The summed E-state index contributed by atoms with van der Waals surface area (Å²) in [4.78, 5) is 11.7. The van der Waals surface area contributed by atoms with Gasteiger partial charge in [-0.1, -0.05) is 43.7 Å². The maximum Gasteiger partial charge on any atom is 0.163 e. The molecule has 1 aromatic carbocycles. The fourth-order valence-corrected chi connectivity index (χ4v) is 1.40. The number of hydrogen-bond acceptors (Lipinski definition) is 2. The smallest absolute Gasteiger partial charge is 0.163 e. The Hall–Kier alpha value is -1.15. The lowest BCUT2D eigenvalue weighted by Crippen LogP contribution is -2.17. The standard InChI is InChI=1S/C12H17NO/c1-2-10(9-13)8-12(14)11-6-4-3-5-7-11/h3-7,10H,2,8-9,13H2,1H3. The summed E-state index contributed by atoms with van der Waals surface area (Å²) in [5.74, 6) is 0.519. The average molecular weight is 191 g/mol. The van der Waals surface area contributed by atoms with E-state index in [9.17, 15) is 4.79 Å². The third-order valence-corrected chi connectivity index (χ3v) is 2.48. The van der Waals surface area contributed by atoms with Crippen molar-refractivity contribution in [3.63, 3.8) is 0 Å². The molecule has 0 fully saturated rings. The quantitative estimate of drug-likeness (QED) is 0.725. The van der Waals surface area contributed by atoms with Gasteiger partial charge in [-0.3, -0.25) is 4.79 Å². The van der Waals surface area contributed by atoms with Crippen LogP contribution in [0.5, 0.6) is 0 Å². The molecule has 0 aliphatic heterocycles. The van der Waals surface area contributed by atoms with Crippen LogP contribution in [0.2, 0.25) is 0 Å². The van der Waals surface area contributed by atoms with Crippen molar-refractivity contribution in [3.8, 4) is 0 Å². The van der Waals surface area contributed by atoms with Crippen molar-refractivity contribution in [2.24, 2.45) is 11.7 Å². The highest BCUT2D eigenvalue weighted by Crippen LogP contribution is 2.11. The molecule has 2 N–H and O–H groups in total. The highest BCUT2D eigenvalue weighted by atomic mass is 16.1. The van der Waals surface area contributed by atoms with Crippen molar-refractivity contribution in [1.82, 2.24) is 0 Å². The van der Waals surface area contributed by atoms with Gasteiger partial charge < -0.3 is 5.73 Å². The molecule has 2 nitrogen and oxygen atoms in total. The summed E-state index contributed by atoms with van der Waals surface area (Å²) >= 11 is 0. The number of hydrogen-bond donors (Lipinski definition) is 1. The molecule has 0 heterocycles. The van der Waals surface area contributed by atoms with E-state index < -0.39 is 0 Å². The largest absolute Gasteiger partial charge is 0.330 e. The van der Waals surface area contributed by atoms with Crippen molar-refractivity contribution < 1.29 is 4.79 Å². The Bertz CT molecular complexity index is 278. The van der Waals surface area contributed by atoms with E-state index in [-0.39, 0.29) is 5.78 Å². The minimum absolute atomic E-state index is 0.197. The van der Waals surface area contributed by atoms with Gasteiger partial charge in [-0.15, -0.1) is 0 Å². The minimum atomic E-state index is 0.197. The van der Waals surface area contributed by atoms with E-state index in [1.165, 1.54) is 0 Å². The lowest BCUT2D eigenvalue weighted by molar-refractivity contribution is 0.0961. The molecule has 0 aliphatic carbocycles. The number of ketones is 1. The zero-order chi connectivity index (χ0) is 10.4. The van der Waals surface area contributed by atoms with Crippen LogP contribution in [0.4, 0.5) is 0 Å². The number of Topliss-reactive ketones (excluding diaryl/α,β-unsaturated/α-hetero) is 1. The van der Waals surface area contributed by atoms with Crippen molar-refractivity contribution in [2.75, 3.05) is 6.54 Å². The number of benzene rings is 1. The third kappa shape index (κ3) is 2.96. The SMILES string of the molecule is CCC(CN)CC(=O)c1ccccc1. The van der Waals surface area contributed by atoms with Gasteiger partial charge in [0.1, 0.15) is 0 Å². The topological polar surface area (TPSA) is 43.1 Å². The Kier molecular flexibility index (Phi) is 4.33. The molecule has 76 valence electrons. The zero-order valence-corrected chi connectivity index (χ0v) is 8.57. The van der Waals surface area contributed by atoms with Crippen LogP contribution in [0, 0.1) is 5.92 Å². The molecule has 14 heavy (non-hydrogen) atoms. The predicted molar refractivity (Wildman–Crippen MR) is 58.2 cm³/mol. The van der Waals surface area contributed by atoms with Gasteiger partial charge in [0.15, 0.2) is 5.78 Å². The van der Waals surface area contributed by atoms with Crippen LogP contribution in [0.15, 0.2) is 30.3 Å². The fraction of sp³-hybridized carbons (Fsp3) is 0.417. The molecule has 0 saturated carbocycles. The first-order valence-corrected chi connectivity index (χ1v) is 5.06. The van der Waals surface area contributed by atoms with Gasteiger partial charge in [-0.05, 0) is 12.5 Å². The molecule has 0 saturated heterocycles. The number of carbonyl (C=O) groups excluding carboxylic acids is 1. The molecule has 1 rings (SSSR count). The maximum absolute atomic E-state index is 11.7. The molecule has 0 spiro atoms. The second-order valence-corrected chi connectivity index (χ2v) is 3.50. The lowest BCUT2D eigenvalue weighted by atomic mass is 9.96. The Morgan fingerprint density at radius 3 is 2.50 bits per heavy atom. The number of nitrogens with two attached hydrogens (primary N) is 1. The van der Waals surface area contributed by atoms with Gasteiger partial charge in [-0.2, -0.15) is 0 Å². The first kappa shape index (κ1) is 10.9. The van der Waals surface area contributed by atoms with Gasteiger partial charge in [0, 0.05) is 12.0 Å². The Balaban J connectivity index is 2.59. The van der Waals surface area contributed by atoms with Crippen LogP contribution < -0.4 is 5.73 Å². The molecule has 1 unspecified atom stereocenters. The van der Waals surface area contributed by atoms with Gasteiger partial charge in [0.25, 0.3) is 0 Å². The molecular formula is C12H17NO. The lowest BCUT2D eigenvalue weighted by Gasteiger charge is -2.10. The average Bonchev–Trinajstić information content (AvgIpc) is 2.26. The highest BCUT2D eigenvalue weighted by molar-refractivity contribution is 5.96. The van der Waals surface area contributed by atoms with Crippen LogP contribution >= 0.6 is 0 Å². The van der Waals surface area contributed by atoms with Crippen molar-refractivity contribution in [3.05, 3.63) is 35.9 Å². The van der Waals surface area contributed by atoms with Gasteiger partial charge in [0.2, 0.25) is 0 Å². The van der Waals surface area contributed by atoms with Crippen LogP contribution in [0.1, 0.15) is 30.1 Å². The minimum Gasteiger partial charge on any atom is -0.330 e. The van der Waals surface area contributed by atoms with Gasteiger partial charge in [-0.25, -0.2) is 0 Å². The monoisotopic (exact) mass is 191 g/mol. The summed E-state index contributed by atoms with van der Waals surface area (Å²) in [7, 11) is 0. The summed E-state index contributed by atoms with van der Waals surface area (Å²) in [5.41, 5.74) is 6.35. The van der Waals surface area contributed by atoms with E-state index in [2.05, 4.69) is 6.92 Å². The Morgan fingerprint density at radius 1 is 1.36 bits per heavy atom. The summed E-state index contributed by atoms with van der Waals surface area (Å²) < 4.78 is 0. The van der Waals surface area contributed by atoms with Crippen molar-refractivity contribution in [2.45, 2.75) is 19.8 Å². The number of rotatable bonds is 5. The third-order valence-electron chi connectivity index (χ3n) is 2.48. The zero-order valence-electron chi connectivity index (χ0n) is 8.57. The number of carbonyl (C=O) groups is 1. The molecule has 2 heteroatoms. The molecular weight excluding hydrogens is 174 g/mol. The second-order valence-electron chi connectivity index (χ2n) is 3.50. The summed E-state index contributed by atoms with van der Waals surface area (Å²) in [6.07, 6.45) is 1.53. The highest BCUT2D eigenvalue weighted by Gasteiger charge is 2.11. The molecule has 1 aromatic rings. The van der Waals surface area contributed by atoms with Crippen LogP contribution in [0.3, 0.4) is 0 Å². The normalized spacial score (nSPS) is 12.4. The van der Waals surface area contributed by atoms with Crippen molar-refractivity contribution in [1.29, 1.82) is 0 Å². The Morgan fingerprint density at radius 2 is 2.00 bits per heavy atom.